The van der Waals surface area contributed by atoms with Crippen LogP contribution in [0.3, 0.4) is 0 Å². The number of anilines is 4. The summed E-state index contributed by atoms with van der Waals surface area (Å²) in [6, 6.07) is 7.69. The molecule has 132 valence electrons. The molecule has 1 unspecified atom stereocenters. The van der Waals surface area contributed by atoms with Crippen LogP contribution in [0, 0.1) is 11.8 Å². The Kier molecular flexibility index (Phi) is 4.69. The Balaban J connectivity index is 1.69. The van der Waals surface area contributed by atoms with Gasteiger partial charge in [-0.2, -0.15) is 9.89 Å². The minimum atomic E-state index is -0.317. The summed E-state index contributed by atoms with van der Waals surface area (Å²) in [5.41, 5.74) is 15.4. The Bertz CT molecular complexity index is 731. The van der Waals surface area contributed by atoms with Crippen LogP contribution in [-0.2, 0) is 0 Å². The average Bonchev–Trinajstić information content (AvgIpc) is 2.61. The SMILES string of the molecule is Cc1nc(N)nc(N)c1N1CCN(c2ccc(C(C)N=O)cc2)CC1. The molecule has 1 saturated heterocycles. The van der Waals surface area contributed by atoms with Crippen LogP contribution < -0.4 is 21.3 Å². The van der Waals surface area contributed by atoms with Crippen molar-refractivity contribution in [1.82, 2.24) is 9.97 Å². The largest absolute Gasteiger partial charge is 0.382 e. The maximum atomic E-state index is 10.6. The number of benzene rings is 1. The Morgan fingerprint density at radius 3 is 2.20 bits per heavy atom. The van der Waals surface area contributed by atoms with Crippen LogP contribution >= 0.6 is 0 Å². The van der Waals surface area contributed by atoms with Gasteiger partial charge in [-0.1, -0.05) is 17.3 Å². The van der Waals surface area contributed by atoms with Crippen LogP contribution in [0.1, 0.15) is 24.2 Å². The van der Waals surface area contributed by atoms with E-state index in [1.165, 1.54) is 0 Å². The number of hydrogen-bond donors (Lipinski definition) is 2. The molecule has 1 aliphatic rings. The second-order valence-electron chi connectivity index (χ2n) is 6.25. The first-order valence-corrected chi connectivity index (χ1v) is 8.31. The molecular formula is C17H23N7O. The van der Waals surface area contributed by atoms with Gasteiger partial charge in [0, 0.05) is 31.9 Å². The van der Waals surface area contributed by atoms with E-state index in [1.54, 1.807) is 6.92 Å². The van der Waals surface area contributed by atoms with E-state index in [2.05, 4.69) is 24.9 Å². The molecule has 4 N–H and O–H groups in total. The highest BCUT2D eigenvalue weighted by Gasteiger charge is 2.22. The molecule has 0 amide bonds. The number of hydrogen-bond acceptors (Lipinski definition) is 8. The van der Waals surface area contributed by atoms with Gasteiger partial charge in [0.2, 0.25) is 5.95 Å². The molecule has 25 heavy (non-hydrogen) atoms. The van der Waals surface area contributed by atoms with E-state index in [1.807, 2.05) is 31.2 Å². The predicted molar refractivity (Wildman–Crippen MR) is 101 cm³/mol. The highest BCUT2D eigenvalue weighted by Crippen LogP contribution is 2.28. The number of aromatic nitrogens is 2. The van der Waals surface area contributed by atoms with Crippen molar-refractivity contribution < 1.29 is 0 Å². The monoisotopic (exact) mass is 341 g/mol. The third-order valence-electron chi connectivity index (χ3n) is 4.60. The van der Waals surface area contributed by atoms with Gasteiger partial charge < -0.3 is 21.3 Å². The average molecular weight is 341 g/mol. The number of aryl methyl sites for hydroxylation is 1. The molecule has 0 radical (unpaired) electrons. The van der Waals surface area contributed by atoms with Gasteiger partial charge in [0.25, 0.3) is 0 Å². The number of piperazine rings is 1. The van der Waals surface area contributed by atoms with Crippen LogP contribution in [0.4, 0.5) is 23.1 Å². The van der Waals surface area contributed by atoms with Crippen LogP contribution in [0.25, 0.3) is 0 Å². The Morgan fingerprint density at radius 2 is 1.64 bits per heavy atom. The van der Waals surface area contributed by atoms with E-state index in [9.17, 15) is 4.91 Å². The molecule has 1 fully saturated rings. The van der Waals surface area contributed by atoms with Gasteiger partial charge in [-0.05, 0) is 31.5 Å². The summed E-state index contributed by atoms with van der Waals surface area (Å²) >= 11 is 0. The van der Waals surface area contributed by atoms with E-state index in [4.69, 9.17) is 11.5 Å². The fraction of sp³-hybridized carbons (Fsp3) is 0.412. The van der Waals surface area contributed by atoms with E-state index in [0.29, 0.717) is 5.82 Å². The molecule has 8 nitrogen and oxygen atoms in total. The van der Waals surface area contributed by atoms with Gasteiger partial charge in [-0.25, -0.2) is 4.98 Å². The summed E-state index contributed by atoms with van der Waals surface area (Å²) in [4.78, 5) is 23.4. The summed E-state index contributed by atoms with van der Waals surface area (Å²) in [6.07, 6.45) is 0. The maximum Gasteiger partial charge on any atom is 0.222 e. The number of nitrogen functional groups attached to an aromatic ring is 2. The molecule has 1 aromatic carbocycles. The molecule has 0 saturated carbocycles. The third-order valence-corrected chi connectivity index (χ3v) is 4.60. The Hall–Kier alpha value is -2.90. The van der Waals surface area contributed by atoms with Crippen LogP contribution in [0.15, 0.2) is 29.4 Å². The molecule has 0 spiro atoms. The van der Waals surface area contributed by atoms with E-state index in [0.717, 1.165) is 48.8 Å². The van der Waals surface area contributed by atoms with Crippen molar-refractivity contribution in [3.8, 4) is 0 Å². The lowest BCUT2D eigenvalue weighted by Gasteiger charge is -2.38. The molecule has 2 heterocycles. The zero-order valence-electron chi connectivity index (χ0n) is 14.5. The van der Waals surface area contributed by atoms with Gasteiger partial charge in [-0.15, -0.1) is 0 Å². The van der Waals surface area contributed by atoms with Crippen molar-refractivity contribution >= 4 is 23.1 Å². The van der Waals surface area contributed by atoms with E-state index < -0.39 is 0 Å². The fourth-order valence-electron chi connectivity index (χ4n) is 3.22. The van der Waals surface area contributed by atoms with Gasteiger partial charge in [0.1, 0.15) is 11.7 Å². The minimum Gasteiger partial charge on any atom is -0.382 e. The summed E-state index contributed by atoms with van der Waals surface area (Å²) in [5.74, 6) is 0.634. The standard InChI is InChI=1S/C17H23N7O/c1-11(22-25)13-3-5-14(6-4-13)23-7-9-24(10-8-23)15-12(2)20-17(19)21-16(15)18/h3-6,11H,7-10H2,1-2H3,(H4,18,19,20,21). The smallest absolute Gasteiger partial charge is 0.222 e. The van der Waals surface area contributed by atoms with Crippen molar-refractivity contribution in [2.24, 2.45) is 5.18 Å². The Labute approximate surface area is 146 Å². The number of rotatable bonds is 4. The molecule has 8 heteroatoms. The maximum absolute atomic E-state index is 10.6. The lowest BCUT2D eigenvalue weighted by atomic mass is 10.1. The van der Waals surface area contributed by atoms with E-state index in [-0.39, 0.29) is 12.0 Å². The van der Waals surface area contributed by atoms with Crippen LogP contribution in [0.2, 0.25) is 0 Å². The van der Waals surface area contributed by atoms with Gasteiger partial charge in [0.05, 0.1) is 5.69 Å². The van der Waals surface area contributed by atoms with E-state index >= 15 is 0 Å². The van der Waals surface area contributed by atoms with Crippen molar-refractivity contribution in [3.05, 3.63) is 40.4 Å². The molecule has 1 aromatic heterocycles. The second kappa shape index (κ2) is 6.92. The summed E-state index contributed by atoms with van der Waals surface area (Å²) in [5, 5.41) is 3.06. The summed E-state index contributed by atoms with van der Waals surface area (Å²) in [7, 11) is 0. The van der Waals surface area contributed by atoms with Crippen molar-refractivity contribution in [1.29, 1.82) is 0 Å². The third kappa shape index (κ3) is 3.47. The fourth-order valence-corrected chi connectivity index (χ4v) is 3.22. The molecule has 1 aliphatic heterocycles. The van der Waals surface area contributed by atoms with Crippen molar-refractivity contribution in [3.63, 3.8) is 0 Å². The first kappa shape index (κ1) is 16.9. The second-order valence-corrected chi connectivity index (χ2v) is 6.25. The molecule has 0 aliphatic carbocycles. The predicted octanol–water partition coefficient (Wildman–Crippen LogP) is 2.10. The normalized spacial score (nSPS) is 15.9. The van der Waals surface area contributed by atoms with Crippen LogP contribution in [0.5, 0.6) is 0 Å². The molecule has 2 aromatic rings. The van der Waals surface area contributed by atoms with Gasteiger partial charge in [-0.3, -0.25) is 0 Å². The molecular weight excluding hydrogens is 318 g/mol. The summed E-state index contributed by atoms with van der Waals surface area (Å²) in [6.45, 7) is 7.08. The highest BCUT2D eigenvalue weighted by molar-refractivity contribution is 5.68. The molecule has 3 rings (SSSR count). The molecule has 1 atom stereocenters. The number of nitrogens with zero attached hydrogens (tertiary/aromatic N) is 5. The lowest BCUT2D eigenvalue weighted by Crippen LogP contribution is -2.47. The first-order chi connectivity index (χ1) is 12.0. The number of nitrogens with two attached hydrogens (primary N) is 2. The minimum absolute atomic E-state index is 0.205. The zero-order chi connectivity index (χ0) is 18.0. The zero-order valence-corrected chi connectivity index (χ0v) is 14.5. The Morgan fingerprint density at radius 1 is 1.04 bits per heavy atom. The number of nitroso groups, excluding NO2 is 1. The van der Waals surface area contributed by atoms with Gasteiger partial charge in [0.15, 0.2) is 5.82 Å². The summed E-state index contributed by atoms with van der Waals surface area (Å²) < 4.78 is 0. The highest BCUT2D eigenvalue weighted by atomic mass is 16.3. The van der Waals surface area contributed by atoms with Gasteiger partial charge >= 0.3 is 0 Å². The first-order valence-electron chi connectivity index (χ1n) is 8.31. The van der Waals surface area contributed by atoms with Crippen molar-refractivity contribution in [2.45, 2.75) is 19.9 Å². The quantitative estimate of drug-likeness (QED) is 0.819. The topological polar surface area (TPSA) is 114 Å². The van der Waals surface area contributed by atoms with Crippen molar-refractivity contribution in [2.75, 3.05) is 47.4 Å². The lowest BCUT2D eigenvalue weighted by molar-refractivity contribution is 0.650. The van der Waals surface area contributed by atoms with Crippen LogP contribution in [-0.4, -0.2) is 36.1 Å². The molecule has 0 bridgehead atoms.